The third kappa shape index (κ3) is 5.24. The second-order valence-corrected chi connectivity index (χ2v) is 10.7. The molecule has 4 unspecified atom stereocenters. The molecule has 140 valence electrons. The van der Waals surface area contributed by atoms with Gasteiger partial charge in [-0.05, 0) is 74.5 Å². The Morgan fingerprint density at radius 3 is 2.04 bits per heavy atom. The van der Waals surface area contributed by atoms with Crippen molar-refractivity contribution in [2.45, 2.75) is 114 Å². The predicted molar refractivity (Wildman–Crippen MR) is 110 cm³/mol. The van der Waals surface area contributed by atoms with Crippen molar-refractivity contribution in [2.24, 2.45) is 29.6 Å². The van der Waals surface area contributed by atoms with Gasteiger partial charge in [-0.25, -0.2) is 0 Å². The van der Waals surface area contributed by atoms with Crippen LogP contribution in [-0.4, -0.2) is 4.83 Å². The monoisotopic (exact) mass is 396 g/mol. The molecule has 0 aromatic heterocycles. The molecule has 0 N–H and O–H groups in total. The van der Waals surface area contributed by atoms with Crippen LogP contribution < -0.4 is 0 Å². The van der Waals surface area contributed by atoms with Gasteiger partial charge in [-0.3, -0.25) is 0 Å². The van der Waals surface area contributed by atoms with E-state index in [9.17, 15) is 0 Å². The molecule has 0 bridgehead atoms. The van der Waals surface area contributed by atoms with Crippen molar-refractivity contribution in [1.29, 1.82) is 0 Å². The summed E-state index contributed by atoms with van der Waals surface area (Å²) in [6.07, 6.45) is 24.2. The maximum absolute atomic E-state index is 3.90. The van der Waals surface area contributed by atoms with E-state index >= 15 is 0 Å². The summed E-state index contributed by atoms with van der Waals surface area (Å²) in [6.45, 7) is 2.31. The maximum Gasteiger partial charge on any atom is 0.0148 e. The van der Waals surface area contributed by atoms with E-state index in [1.807, 2.05) is 0 Å². The first-order valence-electron chi connectivity index (χ1n) is 11.4. The van der Waals surface area contributed by atoms with E-state index in [-0.39, 0.29) is 0 Å². The Labute approximate surface area is 160 Å². The zero-order valence-electron chi connectivity index (χ0n) is 16.2. The molecule has 24 heavy (non-hydrogen) atoms. The molecule has 0 heterocycles. The van der Waals surface area contributed by atoms with E-state index in [2.05, 4.69) is 22.9 Å². The van der Waals surface area contributed by atoms with E-state index in [1.165, 1.54) is 64.2 Å². The molecule has 3 rings (SSSR count). The minimum absolute atomic E-state index is 0.837. The number of fused-ring (bicyclic) bond motifs is 3. The molecule has 6 atom stereocenters. The standard InChI is InChI=1S/C23H41Br/c1-2-3-4-5-6-7-8-9-18-10-14-22-19(16-18)11-12-20-17-21(24)13-15-23(20)22/h18-23H,2-17H2,1H3/t18-,19?,20?,21-,22?,23?/m1/s1. The van der Waals surface area contributed by atoms with E-state index in [0.29, 0.717) is 0 Å². The fourth-order valence-electron chi connectivity index (χ4n) is 6.49. The molecule has 3 fully saturated rings. The summed E-state index contributed by atoms with van der Waals surface area (Å²) in [5, 5.41) is 0. The maximum atomic E-state index is 3.90. The lowest BCUT2D eigenvalue weighted by molar-refractivity contribution is 0.0119. The Morgan fingerprint density at radius 2 is 1.29 bits per heavy atom. The number of alkyl halides is 1. The summed E-state index contributed by atoms with van der Waals surface area (Å²) in [7, 11) is 0. The SMILES string of the molecule is CCCCCCCCC[C@@H]1CCC2C(CCC3C[C@H](Br)CCC32)C1. The molecule has 0 amide bonds. The Balaban J connectivity index is 1.34. The van der Waals surface area contributed by atoms with E-state index in [1.54, 1.807) is 38.5 Å². The number of hydrogen-bond acceptors (Lipinski definition) is 0. The zero-order valence-corrected chi connectivity index (χ0v) is 17.7. The molecule has 0 nitrogen and oxygen atoms in total. The normalized spacial score (nSPS) is 39.2. The third-order valence-electron chi connectivity index (χ3n) is 7.80. The smallest absolute Gasteiger partial charge is 0.0148 e. The van der Waals surface area contributed by atoms with E-state index < -0.39 is 0 Å². The van der Waals surface area contributed by atoms with Crippen LogP contribution in [0.4, 0.5) is 0 Å². The molecule has 3 aliphatic rings. The van der Waals surface area contributed by atoms with Crippen LogP contribution in [0.5, 0.6) is 0 Å². The minimum atomic E-state index is 0.837. The molecular weight excluding hydrogens is 356 g/mol. The minimum Gasteiger partial charge on any atom is -0.0891 e. The molecule has 0 saturated heterocycles. The molecule has 0 radical (unpaired) electrons. The number of hydrogen-bond donors (Lipinski definition) is 0. The van der Waals surface area contributed by atoms with Gasteiger partial charge in [0.25, 0.3) is 0 Å². The predicted octanol–water partition coefficient (Wildman–Crippen LogP) is 8.13. The van der Waals surface area contributed by atoms with Crippen molar-refractivity contribution >= 4 is 15.9 Å². The fraction of sp³-hybridized carbons (Fsp3) is 1.00. The van der Waals surface area contributed by atoms with Gasteiger partial charge in [-0.1, -0.05) is 80.6 Å². The van der Waals surface area contributed by atoms with Crippen LogP contribution in [0.25, 0.3) is 0 Å². The summed E-state index contributed by atoms with van der Waals surface area (Å²) in [5.41, 5.74) is 0. The Kier molecular flexibility index (Phi) is 8.00. The van der Waals surface area contributed by atoms with Gasteiger partial charge >= 0.3 is 0 Å². The highest BCUT2D eigenvalue weighted by Gasteiger charge is 2.43. The molecule has 0 aliphatic heterocycles. The second kappa shape index (κ2) is 9.98. The van der Waals surface area contributed by atoms with Crippen molar-refractivity contribution in [3.63, 3.8) is 0 Å². The second-order valence-electron chi connectivity index (χ2n) is 9.42. The fourth-order valence-corrected chi connectivity index (χ4v) is 7.23. The molecule has 0 aromatic carbocycles. The quantitative estimate of drug-likeness (QED) is 0.286. The van der Waals surface area contributed by atoms with Gasteiger partial charge in [0, 0.05) is 4.83 Å². The van der Waals surface area contributed by atoms with Crippen molar-refractivity contribution in [1.82, 2.24) is 0 Å². The first-order chi connectivity index (χ1) is 11.8. The average molecular weight is 397 g/mol. The molecule has 0 spiro atoms. The lowest BCUT2D eigenvalue weighted by atomic mass is 9.56. The van der Waals surface area contributed by atoms with Gasteiger partial charge in [0.15, 0.2) is 0 Å². The van der Waals surface area contributed by atoms with Gasteiger partial charge < -0.3 is 0 Å². The Morgan fingerprint density at radius 1 is 0.667 bits per heavy atom. The number of unbranched alkanes of at least 4 members (excludes halogenated alkanes) is 6. The van der Waals surface area contributed by atoms with Crippen LogP contribution in [0.2, 0.25) is 0 Å². The van der Waals surface area contributed by atoms with Crippen LogP contribution in [-0.2, 0) is 0 Å². The third-order valence-corrected chi connectivity index (χ3v) is 8.63. The summed E-state index contributed by atoms with van der Waals surface area (Å²) in [6, 6.07) is 0. The number of halogens is 1. The van der Waals surface area contributed by atoms with Crippen molar-refractivity contribution in [3.8, 4) is 0 Å². The highest BCUT2D eigenvalue weighted by molar-refractivity contribution is 9.09. The zero-order chi connectivity index (χ0) is 16.8. The van der Waals surface area contributed by atoms with Gasteiger partial charge in [0.05, 0.1) is 0 Å². The highest BCUT2D eigenvalue weighted by Crippen LogP contribution is 2.53. The van der Waals surface area contributed by atoms with Crippen LogP contribution in [0, 0.1) is 29.6 Å². The van der Waals surface area contributed by atoms with Crippen molar-refractivity contribution in [3.05, 3.63) is 0 Å². The first kappa shape index (κ1) is 19.2. The van der Waals surface area contributed by atoms with Gasteiger partial charge in [0.2, 0.25) is 0 Å². The van der Waals surface area contributed by atoms with Crippen LogP contribution in [0.1, 0.15) is 110 Å². The van der Waals surface area contributed by atoms with Crippen molar-refractivity contribution < 1.29 is 0 Å². The van der Waals surface area contributed by atoms with E-state index in [0.717, 1.165) is 34.4 Å². The largest absolute Gasteiger partial charge is 0.0891 e. The lowest BCUT2D eigenvalue weighted by Crippen LogP contribution is -2.41. The Bertz CT molecular complexity index is 352. The topological polar surface area (TPSA) is 0 Å². The molecular formula is C23H41Br. The van der Waals surface area contributed by atoms with Crippen LogP contribution >= 0.6 is 15.9 Å². The summed E-state index contributed by atoms with van der Waals surface area (Å²) in [5.74, 6) is 5.50. The summed E-state index contributed by atoms with van der Waals surface area (Å²) < 4.78 is 0. The van der Waals surface area contributed by atoms with Gasteiger partial charge in [-0.2, -0.15) is 0 Å². The molecule has 0 aromatic rings. The van der Waals surface area contributed by atoms with Gasteiger partial charge in [-0.15, -0.1) is 0 Å². The van der Waals surface area contributed by atoms with Gasteiger partial charge in [0.1, 0.15) is 0 Å². The molecule has 1 heteroatoms. The highest BCUT2D eigenvalue weighted by atomic mass is 79.9. The van der Waals surface area contributed by atoms with Crippen LogP contribution in [0.3, 0.4) is 0 Å². The lowest BCUT2D eigenvalue weighted by Gasteiger charge is -2.50. The average Bonchev–Trinajstić information content (AvgIpc) is 2.60. The van der Waals surface area contributed by atoms with E-state index in [4.69, 9.17) is 0 Å². The molecule has 3 saturated carbocycles. The first-order valence-corrected chi connectivity index (χ1v) is 12.3. The number of rotatable bonds is 8. The van der Waals surface area contributed by atoms with Crippen molar-refractivity contribution in [2.75, 3.05) is 0 Å². The summed E-state index contributed by atoms with van der Waals surface area (Å²) >= 11 is 3.90. The van der Waals surface area contributed by atoms with Crippen LogP contribution in [0.15, 0.2) is 0 Å². The Hall–Kier alpha value is 0.480. The molecule has 3 aliphatic carbocycles. The summed E-state index contributed by atoms with van der Waals surface area (Å²) in [4.78, 5) is 0.837.